The third-order valence-electron chi connectivity index (χ3n) is 4.77. The number of aryl methyl sites for hydroxylation is 1. The van der Waals surface area contributed by atoms with Crippen LogP contribution in [0.25, 0.3) is 0 Å². The number of hydrogen-bond acceptors (Lipinski definition) is 3. The molecule has 0 aliphatic heterocycles. The molecule has 3 N–H and O–H groups in total. The lowest BCUT2D eigenvalue weighted by atomic mass is 9.71. The summed E-state index contributed by atoms with van der Waals surface area (Å²) in [5, 5.41) is 4.94. The van der Waals surface area contributed by atoms with E-state index >= 15 is 0 Å². The maximum Gasteiger partial charge on any atom is 0.0834 e. The van der Waals surface area contributed by atoms with Crippen LogP contribution in [-0.2, 0) is 12.5 Å². The summed E-state index contributed by atoms with van der Waals surface area (Å²) in [6, 6.07) is 10.6. The Labute approximate surface area is 130 Å². The largest absolute Gasteiger partial charge is 0.271 e. The molecule has 1 saturated carbocycles. The van der Waals surface area contributed by atoms with Crippen molar-refractivity contribution in [1.29, 1.82) is 0 Å². The van der Waals surface area contributed by atoms with E-state index in [1.165, 1.54) is 18.4 Å². The number of hydrogen-bond donors (Lipinski definition) is 2. The zero-order valence-electron chi connectivity index (χ0n) is 12.2. The third-order valence-corrected chi connectivity index (χ3v) is 5.07. The van der Waals surface area contributed by atoms with Crippen molar-refractivity contribution in [3.8, 4) is 0 Å². The summed E-state index contributed by atoms with van der Waals surface area (Å²) >= 11 is 6.37. The molecular formula is C16H21ClN4. The molecule has 1 aliphatic carbocycles. The number of rotatable bonds is 4. The Bertz CT molecular complexity index is 582. The van der Waals surface area contributed by atoms with Gasteiger partial charge in [-0.2, -0.15) is 5.10 Å². The minimum atomic E-state index is -0.0394. The number of hydrazine groups is 1. The predicted molar refractivity (Wildman–Crippen MR) is 84.9 cm³/mol. The molecule has 1 aromatic carbocycles. The molecule has 4 nitrogen and oxygen atoms in total. The van der Waals surface area contributed by atoms with Crippen molar-refractivity contribution in [2.45, 2.75) is 37.1 Å². The van der Waals surface area contributed by atoms with Crippen LogP contribution in [-0.4, -0.2) is 9.78 Å². The van der Waals surface area contributed by atoms with Gasteiger partial charge in [0.15, 0.2) is 0 Å². The van der Waals surface area contributed by atoms with Crippen molar-refractivity contribution in [1.82, 2.24) is 15.2 Å². The SMILES string of the molecule is Cn1ncc(Cl)c1C(NN)C1(c2ccccc2)CCCC1. The Morgan fingerprint density at radius 2 is 1.95 bits per heavy atom. The van der Waals surface area contributed by atoms with E-state index in [-0.39, 0.29) is 11.5 Å². The van der Waals surface area contributed by atoms with Gasteiger partial charge in [-0.1, -0.05) is 54.8 Å². The van der Waals surface area contributed by atoms with Crippen molar-refractivity contribution in [2.75, 3.05) is 0 Å². The van der Waals surface area contributed by atoms with Gasteiger partial charge in [-0.15, -0.1) is 0 Å². The van der Waals surface area contributed by atoms with Gasteiger partial charge >= 0.3 is 0 Å². The lowest BCUT2D eigenvalue weighted by Gasteiger charge is -2.38. The minimum Gasteiger partial charge on any atom is -0.271 e. The van der Waals surface area contributed by atoms with Crippen molar-refractivity contribution in [3.05, 3.63) is 52.8 Å². The van der Waals surface area contributed by atoms with E-state index in [4.69, 9.17) is 17.4 Å². The van der Waals surface area contributed by atoms with Crippen LogP contribution in [0, 0.1) is 0 Å². The fourth-order valence-electron chi connectivity index (χ4n) is 3.77. The standard InChI is InChI=1S/C16H21ClN4/c1-21-14(13(17)11-19-21)15(20-18)16(9-5-6-10-16)12-7-3-2-4-8-12/h2-4,7-8,11,15,20H,5-6,9-10,18H2,1H3. The summed E-state index contributed by atoms with van der Waals surface area (Å²) in [6.07, 6.45) is 6.32. The molecule has 1 atom stereocenters. The summed E-state index contributed by atoms with van der Waals surface area (Å²) in [4.78, 5) is 0. The summed E-state index contributed by atoms with van der Waals surface area (Å²) in [5.41, 5.74) is 5.29. The van der Waals surface area contributed by atoms with E-state index in [1.807, 2.05) is 17.8 Å². The second-order valence-corrected chi connectivity index (χ2v) is 6.24. The van der Waals surface area contributed by atoms with Gasteiger partial charge in [0.1, 0.15) is 0 Å². The molecule has 0 spiro atoms. The lowest BCUT2D eigenvalue weighted by Crippen LogP contribution is -2.44. The number of nitrogens with zero attached hydrogens (tertiary/aromatic N) is 2. The maximum atomic E-state index is 6.37. The highest BCUT2D eigenvalue weighted by molar-refractivity contribution is 6.31. The average molecular weight is 305 g/mol. The number of nitrogens with one attached hydrogen (secondary N) is 1. The molecule has 0 amide bonds. The van der Waals surface area contributed by atoms with E-state index in [0.29, 0.717) is 5.02 Å². The van der Waals surface area contributed by atoms with Crippen molar-refractivity contribution in [3.63, 3.8) is 0 Å². The highest BCUT2D eigenvalue weighted by Crippen LogP contribution is 2.50. The molecule has 5 heteroatoms. The molecular weight excluding hydrogens is 284 g/mol. The molecule has 0 saturated heterocycles. The van der Waals surface area contributed by atoms with Gasteiger partial charge in [0.05, 0.1) is 23.0 Å². The number of benzene rings is 1. The molecule has 0 radical (unpaired) electrons. The van der Waals surface area contributed by atoms with Crippen LogP contribution in [0.1, 0.15) is 43.0 Å². The molecule has 1 aromatic heterocycles. The van der Waals surface area contributed by atoms with Gasteiger partial charge in [0, 0.05) is 12.5 Å². The van der Waals surface area contributed by atoms with E-state index < -0.39 is 0 Å². The van der Waals surface area contributed by atoms with Crippen LogP contribution in [0.4, 0.5) is 0 Å². The van der Waals surface area contributed by atoms with E-state index in [9.17, 15) is 0 Å². The zero-order valence-corrected chi connectivity index (χ0v) is 13.0. The summed E-state index contributed by atoms with van der Waals surface area (Å²) in [7, 11) is 1.92. The maximum absolute atomic E-state index is 6.37. The van der Waals surface area contributed by atoms with Gasteiger partial charge in [0.25, 0.3) is 0 Å². The van der Waals surface area contributed by atoms with Crippen LogP contribution in [0.2, 0.25) is 5.02 Å². The van der Waals surface area contributed by atoms with Gasteiger partial charge < -0.3 is 0 Å². The first-order chi connectivity index (χ1) is 10.2. The fourth-order valence-corrected chi connectivity index (χ4v) is 4.04. The van der Waals surface area contributed by atoms with Gasteiger partial charge in [-0.3, -0.25) is 16.0 Å². The number of aromatic nitrogens is 2. The first-order valence-corrected chi connectivity index (χ1v) is 7.76. The highest BCUT2D eigenvalue weighted by Gasteiger charge is 2.45. The van der Waals surface area contributed by atoms with Crippen LogP contribution >= 0.6 is 11.6 Å². The van der Waals surface area contributed by atoms with E-state index in [1.54, 1.807) is 6.20 Å². The highest BCUT2D eigenvalue weighted by atomic mass is 35.5. The second-order valence-electron chi connectivity index (χ2n) is 5.83. The van der Waals surface area contributed by atoms with Crippen LogP contribution in [0.5, 0.6) is 0 Å². The first kappa shape index (κ1) is 14.6. The summed E-state index contributed by atoms with van der Waals surface area (Å²) < 4.78 is 1.83. The van der Waals surface area contributed by atoms with Gasteiger partial charge in [-0.05, 0) is 18.4 Å². The summed E-state index contributed by atoms with van der Waals surface area (Å²) in [6.45, 7) is 0. The average Bonchev–Trinajstić information content (AvgIpc) is 3.12. The number of nitrogens with two attached hydrogens (primary N) is 1. The Morgan fingerprint density at radius 1 is 1.29 bits per heavy atom. The topological polar surface area (TPSA) is 55.9 Å². The predicted octanol–water partition coefficient (Wildman–Crippen LogP) is 3.09. The Kier molecular flexibility index (Phi) is 4.02. The zero-order chi connectivity index (χ0) is 14.9. The second kappa shape index (κ2) is 5.79. The Balaban J connectivity index is 2.12. The molecule has 21 heavy (non-hydrogen) atoms. The molecule has 1 aliphatic rings. The van der Waals surface area contributed by atoms with Crippen molar-refractivity contribution >= 4 is 11.6 Å². The van der Waals surface area contributed by atoms with Gasteiger partial charge in [0.2, 0.25) is 0 Å². The van der Waals surface area contributed by atoms with Crippen LogP contribution < -0.4 is 11.3 Å². The Morgan fingerprint density at radius 3 is 2.48 bits per heavy atom. The molecule has 112 valence electrons. The first-order valence-electron chi connectivity index (χ1n) is 7.38. The van der Waals surface area contributed by atoms with Crippen molar-refractivity contribution < 1.29 is 0 Å². The molecule has 1 unspecified atom stereocenters. The van der Waals surface area contributed by atoms with Gasteiger partial charge in [-0.25, -0.2) is 0 Å². The smallest absolute Gasteiger partial charge is 0.0834 e. The minimum absolute atomic E-state index is 0.0204. The molecule has 1 fully saturated rings. The van der Waals surface area contributed by atoms with Crippen LogP contribution in [0.15, 0.2) is 36.5 Å². The van der Waals surface area contributed by atoms with Crippen molar-refractivity contribution in [2.24, 2.45) is 12.9 Å². The van der Waals surface area contributed by atoms with Crippen LogP contribution in [0.3, 0.4) is 0 Å². The van der Waals surface area contributed by atoms with E-state index in [0.717, 1.165) is 18.5 Å². The Hall–Kier alpha value is -1.36. The van der Waals surface area contributed by atoms with E-state index in [2.05, 4.69) is 34.8 Å². The number of halogens is 1. The monoisotopic (exact) mass is 304 g/mol. The molecule has 1 heterocycles. The molecule has 3 rings (SSSR count). The lowest BCUT2D eigenvalue weighted by molar-refractivity contribution is 0.291. The third kappa shape index (κ3) is 2.37. The molecule has 0 bridgehead atoms. The fraction of sp³-hybridized carbons (Fsp3) is 0.438. The summed E-state index contributed by atoms with van der Waals surface area (Å²) in [5.74, 6) is 5.95. The quantitative estimate of drug-likeness (QED) is 0.674. The molecule has 2 aromatic rings. The normalized spacial score (nSPS) is 18.8.